The number of nitrogens with zero attached hydrogens (tertiary/aromatic N) is 4. The van der Waals surface area contributed by atoms with Gasteiger partial charge in [0.25, 0.3) is 0 Å². The van der Waals surface area contributed by atoms with E-state index in [4.69, 9.17) is 9.47 Å². The number of ether oxygens (including phenoxy) is 2. The molecule has 3 rings (SSSR count). The summed E-state index contributed by atoms with van der Waals surface area (Å²) in [7, 11) is 5.55. The second kappa shape index (κ2) is 7.31. The smallest absolute Gasteiger partial charge is 0.249 e. The quantitative estimate of drug-likeness (QED) is 0.777. The molecule has 2 saturated heterocycles. The molecule has 2 fully saturated rings. The molecule has 24 heavy (non-hydrogen) atoms. The van der Waals surface area contributed by atoms with Crippen molar-refractivity contribution >= 4 is 11.7 Å². The minimum atomic E-state index is -0.381. The summed E-state index contributed by atoms with van der Waals surface area (Å²) < 4.78 is 11.1. The van der Waals surface area contributed by atoms with Gasteiger partial charge >= 0.3 is 0 Å². The van der Waals surface area contributed by atoms with E-state index in [9.17, 15) is 4.79 Å². The van der Waals surface area contributed by atoms with Crippen molar-refractivity contribution in [2.75, 3.05) is 45.7 Å². The number of aromatic nitrogens is 2. The summed E-state index contributed by atoms with van der Waals surface area (Å²) in [5.41, 5.74) is 0. The van der Waals surface area contributed by atoms with Gasteiger partial charge in [-0.05, 0) is 20.5 Å². The molecule has 2 aliphatic rings. The minimum absolute atomic E-state index is 0.0218. The van der Waals surface area contributed by atoms with Crippen molar-refractivity contribution in [3.8, 4) is 5.88 Å². The van der Waals surface area contributed by atoms with Crippen LogP contribution in [0, 0.1) is 0 Å². The Morgan fingerprint density at radius 3 is 3.08 bits per heavy atom. The zero-order chi connectivity index (χ0) is 17.1. The molecular weight excluding hydrogens is 310 g/mol. The van der Waals surface area contributed by atoms with E-state index >= 15 is 0 Å². The Labute approximate surface area is 142 Å². The first-order valence-electron chi connectivity index (χ1n) is 8.29. The van der Waals surface area contributed by atoms with Crippen LogP contribution in [-0.4, -0.2) is 79.9 Å². The summed E-state index contributed by atoms with van der Waals surface area (Å²) in [5.74, 6) is 1.35. The fourth-order valence-corrected chi connectivity index (χ4v) is 3.32. The van der Waals surface area contributed by atoms with E-state index in [1.165, 1.54) is 6.33 Å². The van der Waals surface area contributed by atoms with Gasteiger partial charge in [0, 0.05) is 32.1 Å². The number of methoxy groups -OCH3 is 1. The first-order chi connectivity index (χ1) is 11.6. The monoisotopic (exact) mass is 335 g/mol. The van der Waals surface area contributed by atoms with Gasteiger partial charge in [0.15, 0.2) is 0 Å². The Hall–Kier alpha value is -1.93. The number of nitrogens with one attached hydrogen (secondary N) is 1. The SMILES string of the molecule is COc1cc(N2CC[C@@H]3O[C@@H](C(=O)NCCN(C)C)C[C@@H]32)ncn1. The Balaban J connectivity index is 1.60. The molecule has 3 heterocycles. The summed E-state index contributed by atoms with van der Waals surface area (Å²) >= 11 is 0. The van der Waals surface area contributed by atoms with E-state index in [2.05, 4.69) is 20.2 Å². The zero-order valence-corrected chi connectivity index (χ0v) is 14.4. The van der Waals surface area contributed by atoms with Crippen LogP contribution in [-0.2, 0) is 9.53 Å². The van der Waals surface area contributed by atoms with Crippen molar-refractivity contribution in [2.45, 2.75) is 31.1 Å². The Kier molecular flexibility index (Phi) is 5.15. The second-order valence-electron chi connectivity index (χ2n) is 6.46. The van der Waals surface area contributed by atoms with Crippen LogP contribution in [0.3, 0.4) is 0 Å². The third-order valence-corrected chi connectivity index (χ3v) is 4.56. The highest BCUT2D eigenvalue weighted by atomic mass is 16.5. The first-order valence-corrected chi connectivity index (χ1v) is 8.29. The molecule has 2 aliphatic heterocycles. The van der Waals surface area contributed by atoms with E-state index < -0.39 is 0 Å². The van der Waals surface area contributed by atoms with Crippen LogP contribution in [0.2, 0.25) is 0 Å². The molecule has 1 N–H and O–H groups in total. The fraction of sp³-hybridized carbons (Fsp3) is 0.688. The number of carbonyl (C=O) groups excluding carboxylic acids is 1. The number of amides is 1. The number of carbonyl (C=O) groups is 1. The molecule has 0 spiro atoms. The van der Waals surface area contributed by atoms with Crippen LogP contribution in [0.25, 0.3) is 0 Å². The number of hydrogen-bond acceptors (Lipinski definition) is 7. The molecule has 3 atom stereocenters. The maximum Gasteiger partial charge on any atom is 0.249 e. The van der Waals surface area contributed by atoms with Gasteiger partial charge in [0.05, 0.1) is 19.3 Å². The average molecular weight is 335 g/mol. The molecule has 0 unspecified atom stereocenters. The van der Waals surface area contributed by atoms with Gasteiger partial charge < -0.3 is 24.6 Å². The Morgan fingerprint density at radius 2 is 2.33 bits per heavy atom. The van der Waals surface area contributed by atoms with Gasteiger partial charge in [-0.25, -0.2) is 9.97 Å². The topological polar surface area (TPSA) is 79.8 Å². The summed E-state index contributed by atoms with van der Waals surface area (Å²) in [6, 6.07) is 2.00. The summed E-state index contributed by atoms with van der Waals surface area (Å²) in [5, 5.41) is 2.95. The lowest BCUT2D eigenvalue weighted by Gasteiger charge is -2.24. The van der Waals surface area contributed by atoms with Crippen molar-refractivity contribution in [3.05, 3.63) is 12.4 Å². The van der Waals surface area contributed by atoms with E-state index in [1.807, 2.05) is 25.1 Å². The highest BCUT2D eigenvalue weighted by molar-refractivity contribution is 5.81. The van der Waals surface area contributed by atoms with Gasteiger partial charge in [0.2, 0.25) is 11.8 Å². The van der Waals surface area contributed by atoms with E-state index in [-0.39, 0.29) is 24.2 Å². The van der Waals surface area contributed by atoms with Crippen molar-refractivity contribution in [2.24, 2.45) is 0 Å². The molecule has 0 aromatic carbocycles. The van der Waals surface area contributed by atoms with Crippen LogP contribution < -0.4 is 15.0 Å². The average Bonchev–Trinajstić information content (AvgIpc) is 3.14. The fourth-order valence-electron chi connectivity index (χ4n) is 3.32. The third kappa shape index (κ3) is 3.59. The van der Waals surface area contributed by atoms with E-state index in [1.54, 1.807) is 7.11 Å². The number of likely N-dealkylation sites (N-methyl/N-ethyl adjacent to an activating group) is 1. The van der Waals surface area contributed by atoms with Crippen molar-refractivity contribution < 1.29 is 14.3 Å². The Bertz CT molecular complexity index is 583. The molecule has 132 valence electrons. The highest BCUT2D eigenvalue weighted by Gasteiger charge is 2.46. The van der Waals surface area contributed by atoms with Gasteiger partial charge in [-0.2, -0.15) is 0 Å². The molecule has 1 amide bonds. The molecule has 0 radical (unpaired) electrons. The molecule has 0 aliphatic carbocycles. The van der Waals surface area contributed by atoms with Gasteiger partial charge in [-0.15, -0.1) is 0 Å². The van der Waals surface area contributed by atoms with E-state index in [0.29, 0.717) is 18.8 Å². The van der Waals surface area contributed by atoms with Gasteiger partial charge in [-0.1, -0.05) is 0 Å². The molecular formula is C16H25N5O3. The van der Waals surface area contributed by atoms with Gasteiger partial charge in [-0.3, -0.25) is 4.79 Å². The van der Waals surface area contributed by atoms with Crippen LogP contribution in [0.15, 0.2) is 12.4 Å². The van der Waals surface area contributed by atoms with Crippen LogP contribution in [0.5, 0.6) is 5.88 Å². The number of anilines is 1. The third-order valence-electron chi connectivity index (χ3n) is 4.56. The predicted octanol–water partition coefficient (Wildman–Crippen LogP) is -0.101. The lowest BCUT2D eigenvalue weighted by atomic mass is 10.1. The Morgan fingerprint density at radius 1 is 1.50 bits per heavy atom. The van der Waals surface area contributed by atoms with Crippen molar-refractivity contribution in [3.63, 3.8) is 0 Å². The number of rotatable bonds is 6. The number of fused-ring (bicyclic) bond motifs is 1. The summed E-state index contributed by atoms with van der Waals surface area (Å²) in [6.45, 7) is 2.32. The minimum Gasteiger partial charge on any atom is -0.481 e. The second-order valence-corrected chi connectivity index (χ2v) is 6.46. The van der Waals surface area contributed by atoms with Crippen LogP contribution in [0.1, 0.15) is 12.8 Å². The normalized spacial score (nSPS) is 25.8. The van der Waals surface area contributed by atoms with Crippen molar-refractivity contribution in [1.82, 2.24) is 20.2 Å². The molecule has 0 saturated carbocycles. The number of hydrogen-bond donors (Lipinski definition) is 1. The maximum absolute atomic E-state index is 12.3. The highest BCUT2D eigenvalue weighted by Crippen LogP contribution is 2.35. The van der Waals surface area contributed by atoms with Gasteiger partial charge in [0.1, 0.15) is 18.2 Å². The maximum atomic E-state index is 12.3. The zero-order valence-electron chi connectivity index (χ0n) is 14.4. The lowest BCUT2D eigenvalue weighted by Crippen LogP contribution is -2.39. The van der Waals surface area contributed by atoms with Crippen LogP contribution in [0.4, 0.5) is 5.82 Å². The standard InChI is InChI=1S/C16H25N5O3/c1-20(2)7-5-17-16(22)13-8-11-12(24-13)4-6-21(11)14-9-15(23-3)19-10-18-14/h9-13H,4-8H2,1-3H3,(H,17,22)/t11-,12-,13+/m0/s1. The first kappa shape index (κ1) is 16.9. The van der Waals surface area contributed by atoms with Crippen molar-refractivity contribution in [1.29, 1.82) is 0 Å². The molecule has 8 nitrogen and oxygen atoms in total. The molecule has 1 aromatic rings. The summed E-state index contributed by atoms with van der Waals surface area (Å²) in [4.78, 5) is 24.9. The lowest BCUT2D eigenvalue weighted by molar-refractivity contribution is -0.132. The molecule has 0 bridgehead atoms. The van der Waals surface area contributed by atoms with Crippen LogP contribution >= 0.6 is 0 Å². The summed E-state index contributed by atoms with van der Waals surface area (Å²) in [6.07, 6.45) is 2.79. The van der Waals surface area contributed by atoms with E-state index in [0.717, 1.165) is 25.3 Å². The predicted molar refractivity (Wildman–Crippen MR) is 89.2 cm³/mol. The molecule has 8 heteroatoms. The molecule has 1 aromatic heterocycles. The largest absolute Gasteiger partial charge is 0.481 e.